The summed E-state index contributed by atoms with van der Waals surface area (Å²) >= 11 is 1.80. The third-order valence-electron chi connectivity index (χ3n) is 3.81. The zero-order valence-corrected chi connectivity index (χ0v) is 13.1. The van der Waals surface area contributed by atoms with Crippen LogP contribution in [0.5, 0.6) is 5.75 Å². The molecule has 1 atom stereocenters. The van der Waals surface area contributed by atoms with Crippen LogP contribution in [-0.4, -0.2) is 7.11 Å². The molecule has 0 aliphatic carbocycles. The summed E-state index contributed by atoms with van der Waals surface area (Å²) in [6.45, 7) is 2.17. The molecule has 1 heterocycles. The quantitative estimate of drug-likeness (QED) is 0.768. The maximum Gasteiger partial charge on any atom is 0.126 e. The number of fused-ring (bicyclic) bond motifs is 1. The zero-order valence-electron chi connectivity index (χ0n) is 12.3. The predicted molar refractivity (Wildman–Crippen MR) is 90.2 cm³/mol. The molecule has 0 amide bonds. The molecule has 0 aliphatic heterocycles. The van der Waals surface area contributed by atoms with E-state index in [1.54, 1.807) is 18.4 Å². The average molecular weight is 297 g/mol. The summed E-state index contributed by atoms with van der Waals surface area (Å²) in [5.41, 5.74) is 7.66. The Morgan fingerprint density at radius 1 is 1.05 bits per heavy atom. The van der Waals surface area contributed by atoms with Crippen LogP contribution in [0.4, 0.5) is 0 Å². The third-order valence-corrected chi connectivity index (χ3v) is 5.12. The average Bonchev–Trinajstić information content (AvgIpc) is 3.02. The Balaban J connectivity index is 2.11. The lowest BCUT2D eigenvalue weighted by Gasteiger charge is -2.15. The highest BCUT2D eigenvalue weighted by Gasteiger charge is 2.15. The van der Waals surface area contributed by atoms with Crippen LogP contribution in [0.3, 0.4) is 0 Å². The Bertz CT molecular complexity index is 763. The first-order valence-electron chi connectivity index (χ1n) is 7.14. The summed E-state index contributed by atoms with van der Waals surface area (Å²) in [6.07, 6.45) is 1.06. The maximum atomic E-state index is 6.51. The Kier molecular flexibility index (Phi) is 3.95. The Morgan fingerprint density at radius 2 is 1.81 bits per heavy atom. The first kappa shape index (κ1) is 14.1. The van der Waals surface area contributed by atoms with Gasteiger partial charge in [-0.3, -0.25) is 0 Å². The van der Waals surface area contributed by atoms with Gasteiger partial charge in [-0.1, -0.05) is 37.3 Å². The van der Waals surface area contributed by atoms with Crippen molar-refractivity contribution < 1.29 is 4.74 Å². The SMILES string of the molecule is CCc1ccc(C(N)c2ccc(OC)c3ccccc23)s1. The van der Waals surface area contributed by atoms with Crippen molar-refractivity contribution in [1.29, 1.82) is 0 Å². The molecule has 0 bridgehead atoms. The number of hydrogen-bond acceptors (Lipinski definition) is 3. The first-order chi connectivity index (χ1) is 10.2. The molecule has 108 valence electrons. The Labute approximate surface area is 129 Å². The van der Waals surface area contributed by atoms with Crippen LogP contribution in [0.2, 0.25) is 0 Å². The second-order valence-electron chi connectivity index (χ2n) is 5.04. The van der Waals surface area contributed by atoms with Crippen molar-refractivity contribution >= 4 is 22.1 Å². The van der Waals surface area contributed by atoms with E-state index in [1.807, 2.05) is 18.2 Å². The normalized spacial score (nSPS) is 12.5. The number of hydrogen-bond donors (Lipinski definition) is 1. The molecule has 0 spiro atoms. The molecule has 0 saturated heterocycles. The smallest absolute Gasteiger partial charge is 0.126 e. The first-order valence-corrected chi connectivity index (χ1v) is 7.96. The molecule has 0 aliphatic rings. The number of rotatable bonds is 4. The Hall–Kier alpha value is -1.84. The van der Waals surface area contributed by atoms with Gasteiger partial charge >= 0.3 is 0 Å². The van der Waals surface area contributed by atoms with Crippen LogP contribution >= 0.6 is 11.3 Å². The van der Waals surface area contributed by atoms with Gasteiger partial charge in [-0.2, -0.15) is 0 Å². The van der Waals surface area contributed by atoms with Crippen LogP contribution in [0.25, 0.3) is 10.8 Å². The van der Waals surface area contributed by atoms with Crippen molar-refractivity contribution in [3.63, 3.8) is 0 Å². The van der Waals surface area contributed by atoms with E-state index in [0.717, 1.165) is 28.5 Å². The van der Waals surface area contributed by atoms with Gasteiger partial charge in [0, 0.05) is 15.1 Å². The van der Waals surface area contributed by atoms with Crippen LogP contribution in [0.15, 0.2) is 48.5 Å². The summed E-state index contributed by atoms with van der Waals surface area (Å²) < 4.78 is 5.45. The maximum absolute atomic E-state index is 6.51. The van der Waals surface area contributed by atoms with E-state index in [4.69, 9.17) is 10.5 Å². The molecule has 21 heavy (non-hydrogen) atoms. The molecule has 0 fully saturated rings. The molecular weight excluding hydrogens is 278 g/mol. The van der Waals surface area contributed by atoms with E-state index < -0.39 is 0 Å². The number of thiophene rings is 1. The second kappa shape index (κ2) is 5.88. The van der Waals surface area contributed by atoms with E-state index in [-0.39, 0.29) is 6.04 Å². The van der Waals surface area contributed by atoms with Crippen molar-refractivity contribution in [2.45, 2.75) is 19.4 Å². The number of ether oxygens (including phenoxy) is 1. The highest BCUT2D eigenvalue weighted by atomic mass is 32.1. The zero-order chi connectivity index (χ0) is 14.8. The molecule has 2 N–H and O–H groups in total. The van der Waals surface area contributed by atoms with Crippen molar-refractivity contribution in [2.75, 3.05) is 7.11 Å². The standard InChI is InChI=1S/C18H19NOS/c1-3-12-8-11-17(21-12)18(19)15-9-10-16(20-2)14-7-5-4-6-13(14)15/h4-11,18H,3,19H2,1-2H3. The highest BCUT2D eigenvalue weighted by molar-refractivity contribution is 7.12. The minimum atomic E-state index is -0.0916. The molecule has 1 unspecified atom stereocenters. The van der Waals surface area contributed by atoms with Crippen LogP contribution in [0, 0.1) is 0 Å². The summed E-state index contributed by atoms with van der Waals surface area (Å²) in [4.78, 5) is 2.58. The van der Waals surface area contributed by atoms with Gasteiger partial charge in [0.1, 0.15) is 5.75 Å². The molecule has 0 radical (unpaired) electrons. The fraction of sp³-hybridized carbons (Fsp3) is 0.222. The van der Waals surface area contributed by atoms with E-state index >= 15 is 0 Å². The van der Waals surface area contributed by atoms with Crippen molar-refractivity contribution in [3.8, 4) is 5.75 Å². The lowest BCUT2D eigenvalue weighted by atomic mass is 9.97. The third kappa shape index (κ3) is 2.55. The molecule has 3 aromatic rings. The van der Waals surface area contributed by atoms with Gasteiger partial charge in [-0.05, 0) is 35.6 Å². The van der Waals surface area contributed by atoms with Crippen molar-refractivity contribution in [2.24, 2.45) is 5.73 Å². The molecule has 3 rings (SSSR count). The fourth-order valence-corrected chi connectivity index (χ4v) is 3.62. The molecule has 0 saturated carbocycles. The van der Waals surface area contributed by atoms with Gasteiger partial charge in [0.05, 0.1) is 13.2 Å². The fourth-order valence-electron chi connectivity index (χ4n) is 2.65. The second-order valence-corrected chi connectivity index (χ2v) is 6.24. The monoisotopic (exact) mass is 297 g/mol. The Morgan fingerprint density at radius 3 is 2.48 bits per heavy atom. The van der Waals surface area contributed by atoms with Crippen LogP contribution < -0.4 is 10.5 Å². The highest BCUT2D eigenvalue weighted by Crippen LogP contribution is 2.35. The molecule has 1 aromatic heterocycles. The van der Waals surface area contributed by atoms with E-state index in [2.05, 4.69) is 37.3 Å². The van der Waals surface area contributed by atoms with Crippen molar-refractivity contribution in [3.05, 3.63) is 63.8 Å². The predicted octanol–water partition coefficient (Wildman–Crippen LogP) is 4.52. The summed E-state index contributed by atoms with van der Waals surface area (Å²) in [5.74, 6) is 0.891. The largest absolute Gasteiger partial charge is 0.496 e. The van der Waals surface area contributed by atoms with Gasteiger partial charge in [-0.25, -0.2) is 0 Å². The topological polar surface area (TPSA) is 35.2 Å². The minimum absolute atomic E-state index is 0.0916. The van der Waals surface area contributed by atoms with Gasteiger partial charge < -0.3 is 10.5 Å². The number of aryl methyl sites for hydroxylation is 1. The summed E-state index contributed by atoms with van der Waals surface area (Å²) in [5, 5.41) is 2.27. The number of methoxy groups -OCH3 is 1. The summed E-state index contributed by atoms with van der Waals surface area (Å²) in [7, 11) is 1.70. The van der Waals surface area contributed by atoms with Gasteiger partial charge in [0.2, 0.25) is 0 Å². The lowest BCUT2D eigenvalue weighted by Crippen LogP contribution is -2.10. The molecule has 2 nitrogen and oxygen atoms in total. The van der Waals surface area contributed by atoms with E-state index in [1.165, 1.54) is 9.75 Å². The molecule has 3 heteroatoms. The van der Waals surface area contributed by atoms with Crippen molar-refractivity contribution in [1.82, 2.24) is 0 Å². The van der Waals surface area contributed by atoms with Gasteiger partial charge in [0.15, 0.2) is 0 Å². The molecular formula is C18H19NOS. The van der Waals surface area contributed by atoms with E-state index in [0.29, 0.717) is 0 Å². The number of nitrogens with two attached hydrogens (primary N) is 1. The summed E-state index contributed by atoms with van der Waals surface area (Å²) in [6, 6.07) is 16.6. The molecule has 2 aromatic carbocycles. The van der Waals surface area contributed by atoms with E-state index in [9.17, 15) is 0 Å². The van der Waals surface area contributed by atoms with Crippen LogP contribution in [0.1, 0.15) is 28.3 Å². The van der Waals surface area contributed by atoms with Crippen LogP contribution in [-0.2, 0) is 6.42 Å². The minimum Gasteiger partial charge on any atom is -0.496 e. The van der Waals surface area contributed by atoms with Gasteiger partial charge in [0.25, 0.3) is 0 Å². The lowest BCUT2D eigenvalue weighted by molar-refractivity contribution is 0.419. The van der Waals surface area contributed by atoms with Gasteiger partial charge in [-0.15, -0.1) is 11.3 Å². The number of benzene rings is 2.